The Kier molecular flexibility index (Phi) is 5.56. The smallest absolute Gasteiger partial charge is 0.232 e. The highest BCUT2D eigenvalue weighted by atomic mass is 16.5. The molecule has 0 radical (unpaired) electrons. The van der Waals surface area contributed by atoms with Crippen molar-refractivity contribution in [3.05, 3.63) is 58.3 Å². The van der Waals surface area contributed by atoms with Gasteiger partial charge in [0.25, 0.3) is 0 Å². The molecule has 2 aromatic rings. The van der Waals surface area contributed by atoms with Crippen LogP contribution in [0.15, 0.2) is 36.1 Å². The second kappa shape index (κ2) is 8.15. The topological polar surface area (TPSA) is 59.0 Å². The molecule has 4 rings (SSSR count). The SMILES string of the molecule is COc1cccc(/C=C2/Oc3c(CN4CC(C)CC(C)C4)c(O)cc(C)c3C2=O)c1. The summed E-state index contributed by atoms with van der Waals surface area (Å²) in [7, 11) is 1.61. The Bertz CT molecular complexity index is 1000. The molecule has 0 spiro atoms. The number of Topliss-reactive ketones (excluding diaryl/α,β-unsaturated/α-hetero) is 1. The maximum absolute atomic E-state index is 13.1. The van der Waals surface area contributed by atoms with Crippen molar-refractivity contribution in [2.45, 2.75) is 33.7 Å². The summed E-state index contributed by atoms with van der Waals surface area (Å²) in [4.78, 5) is 15.5. The first-order valence-corrected chi connectivity index (χ1v) is 10.5. The summed E-state index contributed by atoms with van der Waals surface area (Å²) in [5, 5.41) is 10.7. The molecule has 0 amide bonds. The Morgan fingerprint density at radius 3 is 2.67 bits per heavy atom. The number of benzene rings is 2. The van der Waals surface area contributed by atoms with E-state index in [0.29, 0.717) is 35.3 Å². The van der Waals surface area contributed by atoms with Crippen molar-refractivity contribution in [2.75, 3.05) is 20.2 Å². The molecule has 0 bridgehead atoms. The maximum Gasteiger partial charge on any atom is 0.232 e. The van der Waals surface area contributed by atoms with Crippen molar-refractivity contribution in [1.82, 2.24) is 4.90 Å². The van der Waals surface area contributed by atoms with Crippen LogP contribution in [0.1, 0.15) is 47.3 Å². The van der Waals surface area contributed by atoms with E-state index in [1.165, 1.54) is 6.42 Å². The van der Waals surface area contributed by atoms with Gasteiger partial charge in [0.15, 0.2) is 5.76 Å². The van der Waals surface area contributed by atoms with Crippen LogP contribution < -0.4 is 9.47 Å². The van der Waals surface area contributed by atoms with Gasteiger partial charge in [0, 0.05) is 19.6 Å². The predicted molar refractivity (Wildman–Crippen MR) is 117 cm³/mol. The summed E-state index contributed by atoms with van der Waals surface area (Å²) < 4.78 is 11.3. The number of ether oxygens (including phenoxy) is 2. The van der Waals surface area contributed by atoms with Gasteiger partial charge in [0.2, 0.25) is 5.78 Å². The summed E-state index contributed by atoms with van der Waals surface area (Å²) in [6.45, 7) is 8.89. The fourth-order valence-electron chi connectivity index (χ4n) is 4.76. The van der Waals surface area contributed by atoms with Gasteiger partial charge >= 0.3 is 0 Å². The average Bonchev–Trinajstić information content (AvgIpc) is 3.01. The summed E-state index contributed by atoms with van der Waals surface area (Å²) in [5.41, 5.74) is 2.80. The van der Waals surface area contributed by atoms with E-state index in [1.807, 2.05) is 31.2 Å². The molecule has 2 heterocycles. The molecule has 2 atom stereocenters. The number of hydrogen-bond donors (Lipinski definition) is 1. The molecule has 158 valence electrons. The number of ketones is 1. The Balaban J connectivity index is 1.68. The number of aryl methyl sites for hydroxylation is 1. The normalized spacial score (nSPS) is 22.8. The number of likely N-dealkylation sites (tertiary alicyclic amines) is 1. The zero-order valence-corrected chi connectivity index (χ0v) is 18.1. The monoisotopic (exact) mass is 407 g/mol. The molecule has 5 nitrogen and oxygen atoms in total. The lowest BCUT2D eigenvalue weighted by molar-refractivity contribution is 0.101. The molecule has 1 fully saturated rings. The number of fused-ring (bicyclic) bond motifs is 1. The van der Waals surface area contributed by atoms with Crippen LogP contribution in [-0.4, -0.2) is 36.0 Å². The predicted octanol–water partition coefficient (Wildman–Crippen LogP) is 4.80. The standard InChI is InChI=1S/C25H29NO4/c1-15-8-16(2)13-26(12-15)14-20-21(27)9-17(3)23-24(28)22(30-25(20)23)11-18-6-5-7-19(10-18)29-4/h5-7,9-11,15-16,27H,8,12-14H2,1-4H3/b22-11+. The highest BCUT2D eigenvalue weighted by Gasteiger charge is 2.34. The first-order chi connectivity index (χ1) is 14.4. The quantitative estimate of drug-likeness (QED) is 0.738. The molecule has 2 aliphatic rings. The molecule has 1 N–H and O–H groups in total. The van der Waals surface area contributed by atoms with Crippen LogP contribution in [0.4, 0.5) is 0 Å². The molecular weight excluding hydrogens is 378 g/mol. The number of carbonyl (C=O) groups excluding carboxylic acids is 1. The van der Waals surface area contributed by atoms with E-state index in [-0.39, 0.29) is 17.3 Å². The Labute approximate surface area is 177 Å². The van der Waals surface area contributed by atoms with Gasteiger partial charge in [-0.1, -0.05) is 26.0 Å². The molecule has 0 saturated carbocycles. The Morgan fingerprint density at radius 1 is 1.23 bits per heavy atom. The summed E-state index contributed by atoms with van der Waals surface area (Å²) in [6, 6.07) is 9.17. The largest absolute Gasteiger partial charge is 0.507 e. The van der Waals surface area contributed by atoms with Gasteiger partial charge in [-0.25, -0.2) is 0 Å². The number of phenolic OH excluding ortho intramolecular Hbond substituents is 1. The fourth-order valence-corrected chi connectivity index (χ4v) is 4.76. The lowest BCUT2D eigenvalue weighted by Crippen LogP contribution is -2.38. The van der Waals surface area contributed by atoms with Gasteiger partial charge in [-0.05, 0) is 60.6 Å². The first-order valence-electron chi connectivity index (χ1n) is 10.5. The average molecular weight is 408 g/mol. The van der Waals surface area contributed by atoms with Crippen LogP contribution in [0.2, 0.25) is 0 Å². The number of carbonyl (C=O) groups is 1. The number of methoxy groups -OCH3 is 1. The third-order valence-corrected chi connectivity index (χ3v) is 5.94. The number of phenols is 1. The minimum Gasteiger partial charge on any atom is -0.507 e. The molecule has 2 aliphatic heterocycles. The third kappa shape index (κ3) is 3.94. The molecular formula is C25H29NO4. The maximum atomic E-state index is 13.1. The van der Waals surface area contributed by atoms with Crippen molar-refractivity contribution >= 4 is 11.9 Å². The third-order valence-electron chi connectivity index (χ3n) is 5.94. The number of piperidine rings is 1. The van der Waals surface area contributed by atoms with Crippen LogP contribution in [0, 0.1) is 18.8 Å². The van der Waals surface area contributed by atoms with Gasteiger partial charge in [-0.15, -0.1) is 0 Å². The molecule has 1 saturated heterocycles. The summed E-state index contributed by atoms with van der Waals surface area (Å²) in [6.07, 6.45) is 2.95. The van der Waals surface area contributed by atoms with Crippen LogP contribution in [-0.2, 0) is 6.54 Å². The van der Waals surface area contributed by atoms with E-state index < -0.39 is 0 Å². The second-order valence-corrected chi connectivity index (χ2v) is 8.75. The highest BCUT2D eigenvalue weighted by molar-refractivity contribution is 6.15. The molecule has 30 heavy (non-hydrogen) atoms. The van der Waals surface area contributed by atoms with Crippen molar-refractivity contribution in [3.63, 3.8) is 0 Å². The van der Waals surface area contributed by atoms with Crippen molar-refractivity contribution in [3.8, 4) is 17.2 Å². The van der Waals surface area contributed by atoms with Gasteiger partial charge in [-0.2, -0.15) is 0 Å². The second-order valence-electron chi connectivity index (χ2n) is 8.75. The van der Waals surface area contributed by atoms with E-state index in [9.17, 15) is 9.90 Å². The van der Waals surface area contributed by atoms with Crippen molar-refractivity contribution < 1.29 is 19.4 Å². The highest BCUT2D eigenvalue weighted by Crippen LogP contribution is 2.42. The Morgan fingerprint density at radius 2 is 1.97 bits per heavy atom. The summed E-state index contributed by atoms with van der Waals surface area (Å²) >= 11 is 0. The van der Waals surface area contributed by atoms with Gasteiger partial charge in [-0.3, -0.25) is 9.69 Å². The van der Waals surface area contributed by atoms with Gasteiger partial charge in [0.05, 0.1) is 18.2 Å². The molecule has 0 aliphatic carbocycles. The minimum absolute atomic E-state index is 0.146. The molecule has 2 unspecified atom stereocenters. The van der Waals surface area contributed by atoms with E-state index in [1.54, 1.807) is 19.3 Å². The van der Waals surface area contributed by atoms with Gasteiger partial charge < -0.3 is 14.6 Å². The van der Waals surface area contributed by atoms with Crippen molar-refractivity contribution in [2.24, 2.45) is 11.8 Å². The number of allylic oxidation sites excluding steroid dienone is 1. The first kappa shape index (κ1) is 20.5. The zero-order valence-electron chi connectivity index (χ0n) is 18.1. The zero-order chi connectivity index (χ0) is 21.4. The number of nitrogens with zero attached hydrogens (tertiary/aromatic N) is 1. The van der Waals surface area contributed by atoms with Crippen LogP contribution >= 0.6 is 0 Å². The molecule has 5 heteroatoms. The summed E-state index contributed by atoms with van der Waals surface area (Å²) in [5.74, 6) is 2.75. The molecule has 0 aromatic heterocycles. The number of hydrogen-bond acceptors (Lipinski definition) is 5. The minimum atomic E-state index is -0.146. The van der Waals surface area contributed by atoms with Crippen molar-refractivity contribution in [1.29, 1.82) is 0 Å². The molecule has 2 aromatic carbocycles. The lowest BCUT2D eigenvalue weighted by Gasteiger charge is -2.35. The van der Waals surface area contributed by atoms with Gasteiger partial charge in [0.1, 0.15) is 17.2 Å². The number of aromatic hydroxyl groups is 1. The van der Waals surface area contributed by atoms with E-state index in [0.717, 1.165) is 30.0 Å². The lowest BCUT2D eigenvalue weighted by atomic mass is 9.91. The van der Waals surface area contributed by atoms with E-state index >= 15 is 0 Å². The van der Waals surface area contributed by atoms with E-state index in [2.05, 4.69) is 18.7 Å². The number of rotatable bonds is 4. The van der Waals surface area contributed by atoms with Crippen LogP contribution in [0.25, 0.3) is 6.08 Å². The fraction of sp³-hybridized carbons (Fsp3) is 0.400. The van der Waals surface area contributed by atoms with Crippen LogP contribution in [0.5, 0.6) is 17.2 Å². The van der Waals surface area contributed by atoms with E-state index in [4.69, 9.17) is 9.47 Å². The Hall–Kier alpha value is -2.79. The van der Waals surface area contributed by atoms with Crippen LogP contribution in [0.3, 0.4) is 0 Å².